The van der Waals surface area contributed by atoms with Gasteiger partial charge in [-0.3, -0.25) is 0 Å². The number of ether oxygens (including phenoxy) is 1. The van der Waals surface area contributed by atoms with Crippen LogP contribution < -0.4 is 4.74 Å². The van der Waals surface area contributed by atoms with E-state index in [4.69, 9.17) is 9.84 Å². The van der Waals surface area contributed by atoms with E-state index in [2.05, 4.69) is 20.9 Å². The zero-order chi connectivity index (χ0) is 11.0. The molecular formula is C10H8BrNO3. The second kappa shape index (κ2) is 3.58. The zero-order valence-electron chi connectivity index (χ0n) is 7.87. The van der Waals surface area contributed by atoms with Gasteiger partial charge in [-0.15, -0.1) is 0 Å². The van der Waals surface area contributed by atoms with Crippen LogP contribution in [0.3, 0.4) is 0 Å². The number of nitrogens with one attached hydrogen (secondary N) is 1. The number of aromatic nitrogens is 1. The van der Waals surface area contributed by atoms with Crippen LogP contribution in [0.15, 0.2) is 22.8 Å². The van der Waals surface area contributed by atoms with Gasteiger partial charge >= 0.3 is 5.97 Å². The van der Waals surface area contributed by atoms with E-state index in [0.29, 0.717) is 15.7 Å². The van der Waals surface area contributed by atoms with Crippen LogP contribution in [0.25, 0.3) is 10.9 Å². The molecule has 4 nitrogen and oxygen atoms in total. The first-order valence-corrected chi connectivity index (χ1v) is 5.01. The van der Waals surface area contributed by atoms with Gasteiger partial charge in [0.1, 0.15) is 5.75 Å². The molecule has 0 aliphatic heterocycles. The maximum absolute atomic E-state index is 11.0. The van der Waals surface area contributed by atoms with Crippen LogP contribution >= 0.6 is 15.9 Å². The van der Waals surface area contributed by atoms with Gasteiger partial charge in [0.25, 0.3) is 0 Å². The van der Waals surface area contributed by atoms with E-state index < -0.39 is 5.97 Å². The van der Waals surface area contributed by atoms with Crippen LogP contribution in [-0.4, -0.2) is 23.2 Å². The summed E-state index contributed by atoms with van der Waals surface area (Å²) in [6, 6.07) is 5.21. The second-order valence-electron chi connectivity index (χ2n) is 3.03. The molecule has 78 valence electrons. The fraction of sp³-hybridized carbons (Fsp3) is 0.100. The number of fused-ring (bicyclic) bond motifs is 1. The summed E-state index contributed by atoms with van der Waals surface area (Å²) < 4.78 is 5.52. The molecule has 0 atom stereocenters. The standard InChI is InChI=1S/C10H8BrNO3/c1-15-5-2-3-6-7(4-5)12-9(11)8(6)10(13)14/h2-4,12H,1H3,(H,13,14). The van der Waals surface area contributed by atoms with Crippen molar-refractivity contribution in [2.24, 2.45) is 0 Å². The van der Waals surface area contributed by atoms with Gasteiger partial charge in [-0.25, -0.2) is 4.79 Å². The Morgan fingerprint density at radius 1 is 1.53 bits per heavy atom. The van der Waals surface area contributed by atoms with Crippen LogP contribution in [0.5, 0.6) is 5.75 Å². The van der Waals surface area contributed by atoms with Crippen molar-refractivity contribution in [1.82, 2.24) is 4.98 Å². The number of carboxylic acid groups (broad SMARTS) is 1. The van der Waals surface area contributed by atoms with Gasteiger partial charge in [-0.05, 0) is 28.1 Å². The minimum Gasteiger partial charge on any atom is -0.497 e. The van der Waals surface area contributed by atoms with Crippen molar-refractivity contribution in [3.63, 3.8) is 0 Å². The highest BCUT2D eigenvalue weighted by atomic mass is 79.9. The summed E-state index contributed by atoms with van der Waals surface area (Å²) in [5.74, 6) is -0.272. The summed E-state index contributed by atoms with van der Waals surface area (Å²) in [7, 11) is 1.57. The van der Waals surface area contributed by atoms with E-state index in [1.54, 1.807) is 25.3 Å². The molecule has 0 fully saturated rings. The third kappa shape index (κ3) is 1.59. The monoisotopic (exact) mass is 269 g/mol. The molecular weight excluding hydrogens is 262 g/mol. The Kier molecular flexibility index (Phi) is 2.40. The predicted octanol–water partition coefficient (Wildman–Crippen LogP) is 2.64. The molecule has 2 N–H and O–H groups in total. The number of methoxy groups -OCH3 is 1. The van der Waals surface area contributed by atoms with E-state index >= 15 is 0 Å². The summed E-state index contributed by atoms with van der Waals surface area (Å²) >= 11 is 3.18. The maximum atomic E-state index is 11.0. The average molecular weight is 270 g/mol. The Balaban J connectivity index is 2.74. The number of aromatic amines is 1. The van der Waals surface area contributed by atoms with Gasteiger partial charge in [-0.1, -0.05) is 0 Å². The van der Waals surface area contributed by atoms with Gasteiger partial charge in [0, 0.05) is 11.5 Å². The lowest BCUT2D eigenvalue weighted by atomic mass is 10.2. The molecule has 1 aromatic heterocycles. The Morgan fingerprint density at radius 2 is 2.27 bits per heavy atom. The SMILES string of the molecule is COc1ccc2c(C(=O)O)c(Br)[nH]c2c1. The lowest BCUT2D eigenvalue weighted by Gasteiger charge is -1.98. The molecule has 0 amide bonds. The molecule has 1 heterocycles. The second-order valence-corrected chi connectivity index (χ2v) is 3.82. The van der Waals surface area contributed by atoms with Gasteiger partial charge < -0.3 is 14.8 Å². The van der Waals surface area contributed by atoms with E-state index in [1.807, 2.05) is 0 Å². The van der Waals surface area contributed by atoms with E-state index in [9.17, 15) is 4.79 Å². The molecule has 15 heavy (non-hydrogen) atoms. The third-order valence-electron chi connectivity index (χ3n) is 2.17. The van der Waals surface area contributed by atoms with E-state index in [-0.39, 0.29) is 5.56 Å². The normalized spacial score (nSPS) is 10.5. The molecule has 0 saturated carbocycles. The highest BCUT2D eigenvalue weighted by Crippen LogP contribution is 2.29. The van der Waals surface area contributed by atoms with Crippen LogP contribution in [0, 0.1) is 0 Å². The molecule has 0 saturated heterocycles. The number of hydrogen-bond acceptors (Lipinski definition) is 2. The highest BCUT2D eigenvalue weighted by Gasteiger charge is 2.15. The molecule has 2 rings (SSSR count). The van der Waals surface area contributed by atoms with Gasteiger partial charge in [0.05, 0.1) is 22.8 Å². The summed E-state index contributed by atoms with van der Waals surface area (Å²) in [5, 5.41) is 9.66. The smallest absolute Gasteiger partial charge is 0.339 e. The zero-order valence-corrected chi connectivity index (χ0v) is 9.46. The van der Waals surface area contributed by atoms with Crippen LogP contribution in [-0.2, 0) is 0 Å². The summed E-state index contributed by atoms with van der Waals surface area (Å²) in [6.07, 6.45) is 0. The molecule has 5 heteroatoms. The first kappa shape index (κ1) is 10.0. The number of benzene rings is 1. The Labute approximate surface area is 94.0 Å². The molecule has 0 aliphatic rings. The maximum Gasteiger partial charge on any atom is 0.339 e. The van der Waals surface area contributed by atoms with Crippen molar-refractivity contribution in [3.8, 4) is 5.75 Å². The lowest BCUT2D eigenvalue weighted by molar-refractivity contribution is 0.0698. The Hall–Kier alpha value is -1.49. The molecule has 0 radical (unpaired) electrons. The molecule has 2 aromatic rings. The molecule has 0 spiro atoms. The van der Waals surface area contributed by atoms with Gasteiger partial charge in [0.2, 0.25) is 0 Å². The van der Waals surface area contributed by atoms with Crippen LogP contribution in [0.1, 0.15) is 10.4 Å². The number of carbonyl (C=O) groups is 1. The minimum atomic E-state index is -0.960. The number of rotatable bonds is 2. The van der Waals surface area contributed by atoms with Crippen molar-refractivity contribution < 1.29 is 14.6 Å². The van der Waals surface area contributed by atoms with Crippen molar-refractivity contribution in [2.45, 2.75) is 0 Å². The Morgan fingerprint density at radius 3 is 2.87 bits per heavy atom. The van der Waals surface area contributed by atoms with Crippen molar-refractivity contribution in [3.05, 3.63) is 28.4 Å². The quantitative estimate of drug-likeness (QED) is 0.881. The predicted molar refractivity (Wildman–Crippen MR) is 59.5 cm³/mol. The largest absolute Gasteiger partial charge is 0.497 e. The summed E-state index contributed by atoms with van der Waals surface area (Å²) in [5.41, 5.74) is 0.978. The number of carboxylic acids is 1. The van der Waals surface area contributed by atoms with Gasteiger partial charge in [0.15, 0.2) is 0 Å². The fourth-order valence-electron chi connectivity index (χ4n) is 1.48. The van der Waals surface area contributed by atoms with Crippen LogP contribution in [0.2, 0.25) is 0 Å². The Bertz CT molecular complexity index is 533. The first-order chi connectivity index (χ1) is 7.13. The lowest BCUT2D eigenvalue weighted by Crippen LogP contribution is -1.95. The summed E-state index contributed by atoms with van der Waals surface area (Å²) in [4.78, 5) is 13.9. The van der Waals surface area contributed by atoms with Crippen molar-refractivity contribution >= 4 is 32.8 Å². The van der Waals surface area contributed by atoms with E-state index in [0.717, 1.165) is 5.52 Å². The number of hydrogen-bond donors (Lipinski definition) is 2. The van der Waals surface area contributed by atoms with Crippen LogP contribution in [0.4, 0.5) is 0 Å². The molecule has 0 unspecified atom stereocenters. The first-order valence-electron chi connectivity index (χ1n) is 4.22. The number of aromatic carboxylic acids is 1. The van der Waals surface area contributed by atoms with Crippen molar-refractivity contribution in [1.29, 1.82) is 0 Å². The number of H-pyrrole nitrogens is 1. The molecule has 0 bridgehead atoms. The molecule has 0 aliphatic carbocycles. The average Bonchev–Trinajstić information content (AvgIpc) is 2.52. The molecule has 1 aromatic carbocycles. The topological polar surface area (TPSA) is 62.3 Å². The summed E-state index contributed by atoms with van der Waals surface area (Å²) in [6.45, 7) is 0. The number of halogens is 1. The highest BCUT2D eigenvalue weighted by molar-refractivity contribution is 9.10. The third-order valence-corrected chi connectivity index (χ3v) is 2.77. The van der Waals surface area contributed by atoms with E-state index in [1.165, 1.54) is 0 Å². The van der Waals surface area contributed by atoms with Gasteiger partial charge in [-0.2, -0.15) is 0 Å². The van der Waals surface area contributed by atoms with Crippen molar-refractivity contribution in [2.75, 3.05) is 7.11 Å². The minimum absolute atomic E-state index is 0.243. The fourth-order valence-corrected chi connectivity index (χ4v) is 2.08.